The van der Waals surface area contributed by atoms with Gasteiger partial charge in [0.1, 0.15) is 5.82 Å². The second kappa shape index (κ2) is 5.40. The molecule has 5 nitrogen and oxygen atoms in total. The summed E-state index contributed by atoms with van der Waals surface area (Å²) in [5, 5.41) is 0. The quantitative estimate of drug-likeness (QED) is 0.898. The van der Waals surface area contributed by atoms with Gasteiger partial charge in [0.25, 0.3) is 5.91 Å². The van der Waals surface area contributed by atoms with Crippen molar-refractivity contribution < 1.29 is 4.79 Å². The Hall–Kier alpha value is -1.62. The lowest BCUT2D eigenvalue weighted by molar-refractivity contribution is 0.0632. The molecule has 1 saturated heterocycles. The van der Waals surface area contributed by atoms with Crippen LogP contribution in [-0.2, 0) is 0 Å². The number of amides is 1. The van der Waals surface area contributed by atoms with Gasteiger partial charge in [0, 0.05) is 44.0 Å². The summed E-state index contributed by atoms with van der Waals surface area (Å²) in [4.78, 5) is 21.0. The summed E-state index contributed by atoms with van der Waals surface area (Å²) in [6.07, 6.45) is 2.77. The van der Waals surface area contributed by atoms with Gasteiger partial charge in [-0.3, -0.25) is 9.69 Å². The largest absolute Gasteiger partial charge is 0.384 e. The van der Waals surface area contributed by atoms with Gasteiger partial charge in [0.05, 0.1) is 0 Å². The van der Waals surface area contributed by atoms with Crippen LogP contribution in [0.15, 0.2) is 12.1 Å². The van der Waals surface area contributed by atoms with Crippen molar-refractivity contribution in [3.05, 3.63) is 23.4 Å². The Morgan fingerprint density at radius 1 is 1.30 bits per heavy atom. The number of aromatic nitrogens is 1. The molecule has 2 heterocycles. The third-order valence-electron chi connectivity index (χ3n) is 4.09. The monoisotopic (exact) mass is 274 g/mol. The second-order valence-electron chi connectivity index (χ2n) is 5.96. The smallest absolute Gasteiger partial charge is 0.254 e. The van der Waals surface area contributed by atoms with Crippen molar-refractivity contribution in [2.24, 2.45) is 5.92 Å². The minimum Gasteiger partial charge on any atom is -0.384 e. The maximum Gasteiger partial charge on any atom is 0.254 e. The summed E-state index contributed by atoms with van der Waals surface area (Å²) in [5.41, 5.74) is 7.17. The Morgan fingerprint density at radius 2 is 2.00 bits per heavy atom. The molecule has 2 aliphatic rings. The molecule has 1 aromatic heterocycles. The van der Waals surface area contributed by atoms with E-state index < -0.39 is 0 Å². The highest BCUT2D eigenvalue weighted by Crippen LogP contribution is 2.30. The van der Waals surface area contributed by atoms with Crippen LogP contribution in [0.4, 0.5) is 5.82 Å². The van der Waals surface area contributed by atoms with Crippen molar-refractivity contribution in [1.29, 1.82) is 0 Å². The van der Waals surface area contributed by atoms with Gasteiger partial charge in [-0.25, -0.2) is 4.98 Å². The lowest BCUT2D eigenvalue weighted by Gasteiger charge is -2.34. The van der Waals surface area contributed by atoms with Gasteiger partial charge in [-0.1, -0.05) is 0 Å². The van der Waals surface area contributed by atoms with Crippen LogP contribution in [0.2, 0.25) is 0 Å². The number of carbonyl (C=O) groups is 1. The molecule has 0 radical (unpaired) electrons. The molecule has 1 aliphatic carbocycles. The average molecular weight is 274 g/mol. The third kappa shape index (κ3) is 3.10. The molecule has 0 aromatic carbocycles. The van der Waals surface area contributed by atoms with E-state index in [-0.39, 0.29) is 5.91 Å². The van der Waals surface area contributed by atoms with Crippen molar-refractivity contribution in [1.82, 2.24) is 14.8 Å². The number of nitrogens with zero attached hydrogens (tertiary/aromatic N) is 3. The topological polar surface area (TPSA) is 62.5 Å². The molecule has 0 spiro atoms. The molecule has 2 fully saturated rings. The number of hydrogen-bond acceptors (Lipinski definition) is 4. The summed E-state index contributed by atoms with van der Waals surface area (Å²) in [6.45, 7) is 6.67. The number of carbonyl (C=O) groups excluding carboxylic acids is 1. The van der Waals surface area contributed by atoms with E-state index in [0.29, 0.717) is 11.4 Å². The fourth-order valence-corrected chi connectivity index (χ4v) is 2.80. The number of nitrogen functional groups attached to an aromatic ring is 1. The summed E-state index contributed by atoms with van der Waals surface area (Å²) in [7, 11) is 0. The average Bonchev–Trinajstić information content (AvgIpc) is 3.22. The van der Waals surface area contributed by atoms with Crippen molar-refractivity contribution in [2.45, 2.75) is 19.8 Å². The van der Waals surface area contributed by atoms with E-state index in [0.717, 1.165) is 37.8 Å². The highest BCUT2D eigenvalue weighted by molar-refractivity contribution is 5.95. The van der Waals surface area contributed by atoms with Crippen LogP contribution in [0, 0.1) is 12.8 Å². The van der Waals surface area contributed by atoms with Crippen molar-refractivity contribution in [2.75, 3.05) is 38.5 Å². The Kier molecular flexibility index (Phi) is 3.61. The molecule has 0 atom stereocenters. The first-order valence-corrected chi connectivity index (χ1v) is 7.37. The molecule has 1 amide bonds. The standard InChI is InChI=1S/C15H22N4O/c1-11-8-13(9-14(16)17-11)15(20)19-6-4-18(5-7-19)10-12-2-3-12/h8-9,12H,2-7,10H2,1H3,(H2,16,17). The van der Waals surface area contributed by atoms with Crippen LogP contribution >= 0.6 is 0 Å². The lowest BCUT2D eigenvalue weighted by atomic mass is 10.1. The minimum atomic E-state index is 0.0771. The molecule has 108 valence electrons. The van der Waals surface area contributed by atoms with Crippen LogP contribution in [0.3, 0.4) is 0 Å². The fourth-order valence-electron chi connectivity index (χ4n) is 2.80. The van der Waals surface area contributed by atoms with E-state index >= 15 is 0 Å². The molecule has 3 rings (SSSR count). The van der Waals surface area contributed by atoms with Gasteiger partial charge in [0.2, 0.25) is 0 Å². The number of anilines is 1. The Labute approximate surface area is 119 Å². The Bertz CT molecular complexity index is 484. The third-order valence-corrected chi connectivity index (χ3v) is 4.09. The van der Waals surface area contributed by atoms with Gasteiger partial charge in [-0.15, -0.1) is 0 Å². The zero-order chi connectivity index (χ0) is 14.1. The van der Waals surface area contributed by atoms with E-state index in [1.807, 2.05) is 17.9 Å². The molecule has 1 aliphatic heterocycles. The van der Waals surface area contributed by atoms with Gasteiger partial charge >= 0.3 is 0 Å². The highest BCUT2D eigenvalue weighted by Gasteiger charge is 2.28. The number of nitrogens with two attached hydrogens (primary N) is 1. The maximum atomic E-state index is 12.5. The first kappa shape index (κ1) is 13.4. The number of piperazine rings is 1. The minimum absolute atomic E-state index is 0.0771. The molecule has 0 bridgehead atoms. The van der Waals surface area contributed by atoms with E-state index in [1.165, 1.54) is 19.4 Å². The van der Waals surface area contributed by atoms with Crippen molar-refractivity contribution in [3.8, 4) is 0 Å². The SMILES string of the molecule is Cc1cc(C(=O)N2CCN(CC3CC3)CC2)cc(N)n1. The van der Waals surface area contributed by atoms with E-state index in [4.69, 9.17) is 5.73 Å². The van der Waals surface area contributed by atoms with Gasteiger partial charge < -0.3 is 10.6 Å². The van der Waals surface area contributed by atoms with Crippen LogP contribution in [0.25, 0.3) is 0 Å². The van der Waals surface area contributed by atoms with Crippen LogP contribution in [0.5, 0.6) is 0 Å². The second-order valence-corrected chi connectivity index (χ2v) is 5.96. The Balaban J connectivity index is 1.60. The number of hydrogen-bond donors (Lipinski definition) is 1. The maximum absolute atomic E-state index is 12.5. The molecule has 1 saturated carbocycles. The molecule has 20 heavy (non-hydrogen) atoms. The summed E-state index contributed by atoms with van der Waals surface area (Å²) in [5.74, 6) is 1.41. The number of rotatable bonds is 3. The molecule has 5 heteroatoms. The Morgan fingerprint density at radius 3 is 2.60 bits per heavy atom. The van der Waals surface area contributed by atoms with E-state index in [9.17, 15) is 4.79 Å². The predicted molar refractivity (Wildman–Crippen MR) is 78.5 cm³/mol. The number of aryl methyl sites for hydroxylation is 1. The van der Waals surface area contributed by atoms with Crippen LogP contribution in [0.1, 0.15) is 28.9 Å². The molecule has 2 N–H and O–H groups in total. The van der Waals surface area contributed by atoms with Crippen molar-refractivity contribution in [3.63, 3.8) is 0 Å². The lowest BCUT2D eigenvalue weighted by Crippen LogP contribution is -2.49. The first-order chi connectivity index (χ1) is 9.61. The zero-order valence-electron chi connectivity index (χ0n) is 12.0. The summed E-state index contributed by atoms with van der Waals surface area (Å²) < 4.78 is 0. The summed E-state index contributed by atoms with van der Waals surface area (Å²) in [6, 6.07) is 3.49. The highest BCUT2D eigenvalue weighted by atomic mass is 16.2. The zero-order valence-corrected chi connectivity index (χ0v) is 12.0. The molecule has 0 unspecified atom stereocenters. The molecular formula is C15H22N4O. The van der Waals surface area contributed by atoms with Crippen LogP contribution < -0.4 is 5.73 Å². The normalized spacial score (nSPS) is 20.1. The predicted octanol–water partition coefficient (Wildman–Crippen LogP) is 1.14. The number of pyridine rings is 1. The first-order valence-electron chi connectivity index (χ1n) is 7.37. The summed E-state index contributed by atoms with van der Waals surface area (Å²) >= 11 is 0. The van der Waals surface area contributed by atoms with Crippen molar-refractivity contribution >= 4 is 11.7 Å². The van der Waals surface area contributed by atoms with E-state index in [1.54, 1.807) is 6.07 Å². The van der Waals surface area contributed by atoms with Gasteiger partial charge in [0.15, 0.2) is 0 Å². The van der Waals surface area contributed by atoms with Gasteiger partial charge in [-0.2, -0.15) is 0 Å². The van der Waals surface area contributed by atoms with Crippen LogP contribution in [-0.4, -0.2) is 53.4 Å². The van der Waals surface area contributed by atoms with Gasteiger partial charge in [-0.05, 0) is 37.8 Å². The fraction of sp³-hybridized carbons (Fsp3) is 0.600. The van der Waals surface area contributed by atoms with E-state index in [2.05, 4.69) is 9.88 Å². The molecular weight excluding hydrogens is 252 g/mol. The molecule has 1 aromatic rings.